The summed E-state index contributed by atoms with van der Waals surface area (Å²) in [6, 6.07) is 21.4. The van der Waals surface area contributed by atoms with Crippen LogP contribution < -0.4 is 0 Å². The van der Waals surface area contributed by atoms with Crippen molar-refractivity contribution in [3.63, 3.8) is 0 Å². The Morgan fingerprint density at radius 1 is 1.00 bits per heavy atom. The van der Waals surface area contributed by atoms with E-state index in [-0.39, 0.29) is 5.16 Å². The van der Waals surface area contributed by atoms with Crippen LogP contribution in [0.5, 0.6) is 0 Å². The molecule has 0 fully saturated rings. The van der Waals surface area contributed by atoms with Crippen LogP contribution in [0, 0.1) is 0 Å². The average Bonchev–Trinajstić information content (AvgIpc) is 3.12. The summed E-state index contributed by atoms with van der Waals surface area (Å²) in [5.74, 6) is 0. The third-order valence-corrected chi connectivity index (χ3v) is 7.34. The molecule has 1 unspecified atom stereocenters. The predicted octanol–water partition coefficient (Wildman–Crippen LogP) is 3.80. The summed E-state index contributed by atoms with van der Waals surface area (Å²) in [7, 11) is -1.39. The number of imidazole rings is 1. The average molecular weight is 304 g/mol. The largest absolute Gasteiger partial charge is 0.326 e. The summed E-state index contributed by atoms with van der Waals surface area (Å²) in [6.07, 6.45) is 5.84. The molecule has 110 valence electrons. The monoisotopic (exact) mass is 304 g/mol. The van der Waals surface area contributed by atoms with E-state index in [4.69, 9.17) is 0 Å². The normalized spacial score (nSPS) is 12.8. The molecule has 0 amide bonds. The zero-order valence-corrected chi connectivity index (χ0v) is 13.9. The number of hydrogen-bond acceptors (Lipinski definition) is 1. The molecule has 0 aliphatic rings. The fourth-order valence-corrected chi connectivity index (χ4v) is 5.65. The molecule has 0 N–H and O–H groups in total. The second-order valence-electron chi connectivity index (χ2n) is 5.49. The van der Waals surface area contributed by atoms with Crippen molar-refractivity contribution in [2.24, 2.45) is 0 Å². The Morgan fingerprint density at radius 2 is 1.55 bits per heavy atom. The molecule has 0 saturated carbocycles. The van der Waals surface area contributed by atoms with Crippen molar-refractivity contribution in [2.75, 3.05) is 0 Å². The maximum absolute atomic E-state index is 4.31. The highest BCUT2D eigenvalue weighted by molar-refractivity contribution is 6.66. The molecule has 0 spiro atoms. The molecule has 0 saturated heterocycles. The Bertz CT molecular complexity index is 681. The van der Waals surface area contributed by atoms with Crippen LogP contribution in [0.4, 0.5) is 0 Å². The highest BCUT2D eigenvalue weighted by Crippen LogP contribution is 2.36. The molecule has 2 aromatic carbocycles. The Balaban J connectivity index is 2.36. The van der Waals surface area contributed by atoms with E-state index in [1.165, 1.54) is 11.1 Å². The SMILES string of the molecule is C=C[SiH](C)C(c1ccccc1)(c1ccccc1)n1ccnc1. The highest BCUT2D eigenvalue weighted by Gasteiger charge is 2.40. The minimum Gasteiger partial charge on any atom is -0.326 e. The summed E-state index contributed by atoms with van der Waals surface area (Å²) in [5, 5.41) is -0.208. The van der Waals surface area contributed by atoms with Gasteiger partial charge in [0.2, 0.25) is 0 Å². The quantitative estimate of drug-likeness (QED) is 0.656. The van der Waals surface area contributed by atoms with Crippen molar-refractivity contribution >= 4 is 8.80 Å². The van der Waals surface area contributed by atoms with Crippen LogP contribution in [0.25, 0.3) is 0 Å². The van der Waals surface area contributed by atoms with Gasteiger partial charge in [-0.15, -0.1) is 12.3 Å². The molecule has 3 heteroatoms. The lowest BCUT2D eigenvalue weighted by atomic mass is 9.97. The van der Waals surface area contributed by atoms with E-state index in [1.54, 1.807) is 0 Å². The minimum atomic E-state index is -1.39. The molecule has 0 radical (unpaired) electrons. The maximum atomic E-state index is 4.31. The van der Waals surface area contributed by atoms with Gasteiger partial charge in [-0.2, -0.15) is 0 Å². The molecule has 3 rings (SSSR count). The summed E-state index contributed by atoms with van der Waals surface area (Å²) >= 11 is 0. The van der Waals surface area contributed by atoms with Gasteiger partial charge in [0.05, 0.1) is 20.3 Å². The highest BCUT2D eigenvalue weighted by atomic mass is 28.3. The molecule has 0 aliphatic heterocycles. The van der Waals surface area contributed by atoms with E-state index in [0.29, 0.717) is 0 Å². The van der Waals surface area contributed by atoms with Gasteiger partial charge < -0.3 is 4.57 Å². The zero-order valence-electron chi connectivity index (χ0n) is 12.8. The lowest BCUT2D eigenvalue weighted by molar-refractivity contribution is 0.587. The number of nitrogens with zero attached hydrogens (tertiary/aromatic N) is 2. The van der Waals surface area contributed by atoms with Crippen molar-refractivity contribution < 1.29 is 0 Å². The van der Waals surface area contributed by atoms with E-state index in [0.717, 1.165) is 0 Å². The van der Waals surface area contributed by atoms with Crippen molar-refractivity contribution in [1.29, 1.82) is 0 Å². The Morgan fingerprint density at radius 3 is 1.95 bits per heavy atom. The molecule has 22 heavy (non-hydrogen) atoms. The molecule has 2 nitrogen and oxygen atoms in total. The van der Waals surface area contributed by atoms with E-state index >= 15 is 0 Å². The van der Waals surface area contributed by atoms with Gasteiger partial charge in [-0.05, 0) is 11.1 Å². The van der Waals surface area contributed by atoms with Gasteiger partial charge in [-0.3, -0.25) is 0 Å². The van der Waals surface area contributed by atoms with E-state index < -0.39 is 8.80 Å². The van der Waals surface area contributed by atoms with Crippen LogP contribution in [-0.2, 0) is 5.16 Å². The molecule has 3 aromatic rings. The molecule has 1 heterocycles. The van der Waals surface area contributed by atoms with Crippen LogP contribution in [0.2, 0.25) is 6.55 Å². The Hall–Kier alpha value is -2.39. The molecule has 0 aliphatic carbocycles. The maximum Gasteiger partial charge on any atom is 0.0992 e. The summed E-state index contributed by atoms with van der Waals surface area (Å²) < 4.78 is 2.25. The third kappa shape index (κ3) is 2.24. The molecule has 1 aromatic heterocycles. The van der Waals surface area contributed by atoms with Crippen LogP contribution >= 0.6 is 0 Å². The lowest BCUT2D eigenvalue weighted by Crippen LogP contribution is -2.47. The number of rotatable bonds is 5. The van der Waals surface area contributed by atoms with E-state index in [2.05, 4.69) is 95.2 Å². The van der Waals surface area contributed by atoms with E-state index in [9.17, 15) is 0 Å². The first-order valence-electron chi connectivity index (χ1n) is 7.52. The Kier molecular flexibility index (Phi) is 4.07. The van der Waals surface area contributed by atoms with Gasteiger partial charge in [0, 0.05) is 12.4 Å². The first-order valence-corrected chi connectivity index (χ1v) is 9.92. The minimum absolute atomic E-state index is 0.208. The molecular weight excluding hydrogens is 284 g/mol. The first kappa shape index (κ1) is 14.5. The molecule has 0 bridgehead atoms. The topological polar surface area (TPSA) is 17.8 Å². The number of benzene rings is 2. The van der Waals surface area contributed by atoms with Crippen LogP contribution in [-0.4, -0.2) is 18.3 Å². The second-order valence-corrected chi connectivity index (χ2v) is 8.38. The van der Waals surface area contributed by atoms with Crippen LogP contribution in [0.15, 0.2) is 91.7 Å². The number of hydrogen-bond donors (Lipinski definition) is 0. The first-order chi connectivity index (χ1) is 10.8. The van der Waals surface area contributed by atoms with Crippen LogP contribution in [0.3, 0.4) is 0 Å². The predicted molar refractivity (Wildman–Crippen MR) is 94.5 cm³/mol. The zero-order chi connectivity index (χ0) is 15.4. The van der Waals surface area contributed by atoms with Crippen molar-refractivity contribution in [3.05, 3.63) is 103 Å². The third-order valence-electron chi connectivity index (χ3n) is 4.35. The van der Waals surface area contributed by atoms with Gasteiger partial charge in [-0.25, -0.2) is 4.98 Å². The van der Waals surface area contributed by atoms with Crippen molar-refractivity contribution in [3.8, 4) is 0 Å². The summed E-state index contributed by atoms with van der Waals surface area (Å²) in [5.41, 5.74) is 4.73. The van der Waals surface area contributed by atoms with Gasteiger partial charge in [0.15, 0.2) is 0 Å². The van der Waals surface area contributed by atoms with Crippen LogP contribution in [0.1, 0.15) is 11.1 Å². The lowest BCUT2D eigenvalue weighted by Gasteiger charge is -2.40. The standard InChI is InChI=1S/C19H20N2Si/c1-3-22(2)19(21-15-14-20-16-21,17-10-6-4-7-11-17)18-12-8-5-9-13-18/h3-16,22H,1H2,2H3. The fourth-order valence-electron chi connectivity index (χ4n) is 3.25. The van der Waals surface area contributed by atoms with Gasteiger partial charge >= 0.3 is 0 Å². The fraction of sp³-hybridized carbons (Fsp3) is 0.105. The summed E-state index contributed by atoms with van der Waals surface area (Å²) in [6.45, 7) is 6.46. The molecular formula is C19H20N2Si. The van der Waals surface area contributed by atoms with Gasteiger partial charge in [0.1, 0.15) is 0 Å². The van der Waals surface area contributed by atoms with Gasteiger partial charge in [-0.1, -0.05) is 67.2 Å². The molecule has 1 atom stereocenters. The van der Waals surface area contributed by atoms with Gasteiger partial charge in [0.25, 0.3) is 0 Å². The van der Waals surface area contributed by atoms with Crippen molar-refractivity contribution in [1.82, 2.24) is 9.55 Å². The second kappa shape index (κ2) is 6.16. The smallest absolute Gasteiger partial charge is 0.0992 e. The number of aromatic nitrogens is 2. The van der Waals surface area contributed by atoms with Crippen molar-refractivity contribution in [2.45, 2.75) is 11.7 Å². The van der Waals surface area contributed by atoms with E-state index in [1.807, 2.05) is 12.5 Å². The Labute approximate surface area is 133 Å². The summed E-state index contributed by atoms with van der Waals surface area (Å²) in [4.78, 5) is 4.31.